The lowest BCUT2D eigenvalue weighted by Crippen LogP contribution is -2.31. The molecule has 5 nitrogen and oxygen atoms in total. The van der Waals surface area contributed by atoms with Crippen LogP contribution in [0.2, 0.25) is 0 Å². The largest absolute Gasteiger partial charge is 0.573 e. The van der Waals surface area contributed by atoms with E-state index >= 15 is 0 Å². The second kappa shape index (κ2) is 7.71. The summed E-state index contributed by atoms with van der Waals surface area (Å²) in [6.07, 6.45) is -2.22. The molecule has 4 rings (SSSR count). The Labute approximate surface area is 166 Å². The van der Waals surface area contributed by atoms with Crippen LogP contribution in [0.25, 0.3) is 11.4 Å². The van der Waals surface area contributed by atoms with Gasteiger partial charge >= 0.3 is 6.36 Å². The van der Waals surface area contributed by atoms with Crippen molar-refractivity contribution < 1.29 is 17.9 Å². The van der Waals surface area contributed by atoms with Crippen molar-refractivity contribution in [3.63, 3.8) is 0 Å². The summed E-state index contributed by atoms with van der Waals surface area (Å²) in [5.74, 6) is 0.474. The summed E-state index contributed by atoms with van der Waals surface area (Å²) in [6.45, 7) is 1.61. The molecule has 0 aliphatic carbocycles. The van der Waals surface area contributed by atoms with Crippen LogP contribution in [0.3, 0.4) is 0 Å². The maximum atomic E-state index is 12.6. The molecule has 0 saturated carbocycles. The van der Waals surface area contributed by atoms with E-state index in [1.807, 2.05) is 12.1 Å². The van der Waals surface area contributed by atoms with Crippen LogP contribution < -0.4 is 10.5 Å². The first-order chi connectivity index (χ1) is 13.9. The molecule has 8 heteroatoms. The van der Waals surface area contributed by atoms with E-state index in [4.69, 9.17) is 5.73 Å². The summed E-state index contributed by atoms with van der Waals surface area (Å²) in [7, 11) is 0. The van der Waals surface area contributed by atoms with Crippen LogP contribution in [0.1, 0.15) is 16.8 Å². The molecule has 2 aromatic carbocycles. The van der Waals surface area contributed by atoms with Crippen molar-refractivity contribution in [2.24, 2.45) is 0 Å². The lowest BCUT2D eigenvalue weighted by atomic mass is 10.1. The fourth-order valence-electron chi connectivity index (χ4n) is 3.38. The van der Waals surface area contributed by atoms with Gasteiger partial charge in [0.15, 0.2) is 5.82 Å². The number of fused-ring (bicyclic) bond motifs is 1. The van der Waals surface area contributed by atoms with Gasteiger partial charge in [0.1, 0.15) is 5.75 Å². The third kappa shape index (κ3) is 4.65. The second-order valence-electron chi connectivity index (χ2n) is 6.90. The number of benzene rings is 2. The number of hydrogen-bond donors (Lipinski definition) is 1. The van der Waals surface area contributed by atoms with Crippen LogP contribution in [0.5, 0.6) is 5.75 Å². The number of rotatable bonds is 4. The van der Waals surface area contributed by atoms with E-state index in [0.717, 1.165) is 16.8 Å². The van der Waals surface area contributed by atoms with Crippen LogP contribution in [-0.2, 0) is 19.5 Å². The molecular formula is C21H19F3N4O. The molecule has 0 amide bonds. The fourth-order valence-corrected chi connectivity index (χ4v) is 3.38. The van der Waals surface area contributed by atoms with E-state index < -0.39 is 6.36 Å². The van der Waals surface area contributed by atoms with Crippen molar-refractivity contribution in [3.05, 3.63) is 71.5 Å². The molecule has 2 heterocycles. The van der Waals surface area contributed by atoms with Crippen LogP contribution in [-0.4, -0.2) is 27.8 Å². The molecule has 3 aromatic rings. The van der Waals surface area contributed by atoms with Crippen LogP contribution >= 0.6 is 0 Å². The summed E-state index contributed by atoms with van der Waals surface area (Å²) in [4.78, 5) is 11.2. The number of alkyl halides is 3. The Morgan fingerprint density at radius 3 is 2.59 bits per heavy atom. The number of aromatic nitrogens is 2. The van der Waals surface area contributed by atoms with Gasteiger partial charge < -0.3 is 10.5 Å². The monoisotopic (exact) mass is 400 g/mol. The highest BCUT2D eigenvalue weighted by Gasteiger charge is 2.32. The molecule has 0 radical (unpaired) electrons. The molecule has 0 bridgehead atoms. The molecule has 1 aromatic heterocycles. The van der Waals surface area contributed by atoms with E-state index in [1.54, 1.807) is 30.5 Å². The quantitative estimate of drug-likeness (QED) is 0.666. The highest BCUT2D eigenvalue weighted by atomic mass is 19.4. The number of nitrogen functional groups attached to an aromatic ring is 1. The summed E-state index contributed by atoms with van der Waals surface area (Å²) in [5, 5.41) is 0. The van der Waals surface area contributed by atoms with Gasteiger partial charge in [0, 0.05) is 54.6 Å². The number of anilines is 1. The third-order valence-corrected chi connectivity index (χ3v) is 4.77. The molecule has 1 aliphatic heterocycles. The van der Waals surface area contributed by atoms with Gasteiger partial charge in [0.05, 0.1) is 5.69 Å². The summed E-state index contributed by atoms with van der Waals surface area (Å²) < 4.78 is 42.1. The number of para-hydroxylation sites is 1. The number of hydrogen-bond acceptors (Lipinski definition) is 5. The van der Waals surface area contributed by atoms with Crippen LogP contribution in [0, 0.1) is 0 Å². The summed E-state index contributed by atoms with van der Waals surface area (Å²) in [5.41, 5.74) is 9.72. The molecule has 0 fully saturated rings. The Balaban J connectivity index is 1.49. The number of halogens is 3. The van der Waals surface area contributed by atoms with Crippen molar-refractivity contribution in [2.75, 3.05) is 12.3 Å². The lowest BCUT2D eigenvalue weighted by molar-refractivity contribution is -0.275. The first kappa shape index (κ1) is 19.2. The fraction of sp³-hybridized carbons (Fsp3) is 0.238. The predicted octanol–water partition coefficient (Wildman–Crippen LogP) is 4.18. The predicted molar refractivity (Wildman–Crippen MR) is 103 cm³/mol. The van der Waals surface area contributed by atoms with Gasteiger partial charge in [-0.2, -0.15) is 0 Å². The number of nitrogens with two attached hydrogens (primary N) is 1. The molecular weight excluding hydrogens is 381 g/mol. The van der Waals surface area contributed by atoms with Gasteiger partial charge in [-0.1, -0.05) is 18.2 Å². The average Bonchev–Trinajstić information content (AvgIpc) is 2.69. The van der Waals surface area contributed by atoms with E-state index in [-0.39, 0.29) is 5.75 Å². The lowest BCUT2D eigenvalue weighted by Gasteiger charge is -2.28. The first-order valence-corrected chi connectivity index (χ1v) is 9.14. The third-order valence-electron chi connectivity index (χ3n) is 4.77. The van der Waals surface area contributed by atoms with Crippen molar-refractivity contribution in [2.45, 2.75) is 25.9 Å². The Bertz CT molecular complexity index is 1010. The highest BCUT2D eigenvalue weighted by Crippen LogP contribution is 2.29. The van der Waals surface area contributed by atoms with Crippen molar-refractivity contribution in [3.8, 4) is 17.1 Å². The zero-order valence-electron chi connectivity index (χ0n) is 15.5. The van der Waals surface area contributed by atoms with Gasteiger partial charge in [0.2, 0.25) is 0 Å². The molecule has 0 spiro atoms. The van der Waals surface area contributed by atoms with Crippen molar-refractivity contribution >= 4 is 5.69 Å². The SMILES string of the molecule is Nc1ccc(-c2ncc3c(n2)CCN(Cc2ccccc2OC(F)(F)F)C3)cc1. The summed E-state index contributed by atoms with van der Waals surface area (Å²) >= 11 is 0. The van der Waals surface area contributed by atoms with E-state index in [9.17, 15) is 13.2 Å². The maximum absolute atomic E-state index is 12.6. The van der Waals surface area contributed by atoms with Crippen molar-refractivity contribution in [1.29, 1.82) is 0 Å². The minimum atomic E-state index is -4.71. The Morgan fingerprint density at radius 2 is 1.83 bits per heavy atom. The normalized spacial score (nSPS) is 14.4. The Hall–Kier alpha value is -3.13. The zero-order valence-corrected chi connectivity index (χ0v) is 15.5. The van der Waals surface area contributed by atoms with Gasteiger partial charge in [-0.15, -0.1) is 13.2 Å². The molecule has 0 atom stereocenters. The number of nitrogens with zero attached hydrogens (tertiary/aromatic N) is 3. The minimum absolute atomic E-state index is 0.166. The standard InChI is InChI=1S/C21H19F3N4O/c22-21(23,24)29-19-4-2-1-3-15(19)12-28-10-9-18-16(13-28)11-26-20(27-18)14-5-7-17(25)8-6-14/h1-8,11H,9-10,12-13,25H2. The minimum Gasteiger partial charge on any atom is -0.405 e. The first-order valence-electron chi connectivity index (χ1n) is 9.14. The zero-order chi connectivity index (χ0) is 20.4. The Kier molecular flexibility index (Phi) is 5.10. The molecule has 1 aliphatic rings. The van der Waals surface area contributed by atoms with E-state index in [0.29, 0.717) is 43.1 Å². The van der Waals surface area contributed by atoms with Gasteiger partial charge in [0.25, 0.3) is 0 Å². The number of ether oxygens (including phenoxy) is 1. The molecule has 150 valence electrons. The smallest absolute Gasteiger partial charge is 0.405 e. The molecule has 0 saturated heterocycles. The maximum Gasteiger partial charge on any atom is 0.573 e. The second-order valence-corrected chi connectivity index (χ2v) is 6.90. The average molecular weight is 400 g/mol. The van der Waals surface area contributed by atoms with Crippen molar-refractivity contribution in [1.82, 2.24) is 14.9 Å². The van der Waals surface area contributed by atoms with Gasteiger partial charge in [-0.25, -0.2) is 9.97 Å². The van der Waals surface area contributed by atoms with Crippen LogP contribution in [0.4, 0.5) is 18.9 Å². The topological polar surface area (TPSA) is 64.3 Å². The highest BCUT2D eigenvalue weighted by molar-refractivity contribution is 5.58. The molecule has 29 heavy (non-hydrogen) atoms. The molecule has 2 N–H and O–H groups in total. The van der Waals surface area contributed by atoms with Gasteiger partial charge in [-0.3, -0.25) is 4.90 Å². The van der Waals surface area contributed by atoms with E-state index in [2.05, 4.69) is 19.6 Å². The Morgan fingerprint density at radius 1 is 1.07 bits per heavy atom. The molecule has 0 unspecified atom stereocenters. The van der Waals surface area contributed by atoms with Crippen LogP contribution in [0.15, 0.2) is 54.7 Å². The summed E-state index contributed by atoms with van der Waals surface area (Å²) in [6, 6.07) is 13.6. The van der Waals surface area contributed by atoms with E-state index in [1.165, 1.54) is 12.1 Å². The van der Waals surface area contributed by atoms with Gasteiger partial charge in [-0.05, 0) is 30.3 Å².